The number of hydrogen-bond acceptors (Lipinski definition) is 11. The van der Waals surface area contributed by atoms with Gasteiger partial charge in [0.15, 0.2) is 0 Å². The first-order chi connectivity index (χ1) is 56.3. The Hall–Kier alpha value is -11.0. The number of pyridine rings is 3. The third kappa shape index (κ3) is 21.0. The molecule has 4 atom stereocenters. The maximum absolute atomic E-state index is 5.93. The van der Waals surface area contributed by atoms with Crippen LogP contribution in [0.25, 0.3) is 94.3 Å². The number of nitrogens with zero attached hydrogens (tertiary/aromatic N) is 12. The van der Waals surface area contributed by atoms with E-state index in [4.69, 9.17) is 19.4 Å². The summed E-state index contributed by atoms with van der Waals surface area (Å²) in [5, 5.41) is 23.8. The molecule has 0 bridgehead atoms. The molecule has 2 aliphatic heterocycles. The molecule has 10 aromatic carbocycles. The fraction of sp³-hybridized carbons (Fsp3) is 0.162. The number of benzene rings is 10. The van der Waals surface area contributed by atoms with Crippen molar-refractivity contribution >= 4 is 73.5 Å². The van der Waals surface area contributed by atoms with Gasteiger partial charge in [0.1, 0.15) is 50.2 Å². The van der Waals surface area contributed by atoms with Crippen molar-refractivity contribution in [3.05, 3.63) is 370 Å². The van der Waals surface area contributed by atoms with Crippen LogP contribution in [-0.2, 0) is 65.7 Å². The summed E-state index contributed by atoms with van der Waals surface area (Å²) < 4.78 is 16.9. The first kappa shape index (κ1) is 87.3. The molecule has 16 aromatic rings. The largest absolute Gasteiger partial charge is 0.512 e. The van der Waals surface area contributed by atoms with Gasteiger partial charge >= 0.3 is 0 Å². The van der Waals surface area contributed by atoms with Crippen LogP contribution >= 0.6 is 0 Å². The van der Waals surface area contributed by atoms with E-state index >= 15 is 0 Å². The van der Waals surface area contributed by atoms with Gasteiger partial charge in [0, 0.05) is 102 Å². The number of para-hydroxylation sites is 1. The van der Waals surface area contributed by atoms with Crippen LogP contribution in [0.15, 0.2) is 311 Å². The zero-order valence-corrected chi connectivity index (χ0v) is 78.6. The van der Waals surface area contributed by atoms with Crippen molar-refractivity contribution in [1.82, 2.24) is 59.2 Å². The molecule has 0 saturated carbocycles. The first-order valence-electron chi connectivity index (χ1n) is 39.3. The predicted octanol–water partition coefficient (Wildman–Crippen LogP) is 19.4. The van der Waals surface area contributed by atoms with E-state index < -0.39 is 25.7 Å². The van der Waals surface area contributed by atoms with Crippen molar-refractivity contribution in [2.75, 3.05) is 0 Å². The van der Waals surface area contributed by atoms with E-state index in [9.17, 15) is 0 Å². The average molecular weight is 2140 g/mol. The third-order valence-corrected chi connectivity index (χ3v) is 26.3. The molecule has 0 spiro atoms. The summed E-state index contributed by atoms with van der Waals surface area (Å²) in [6, 6.07) is 90.4. The van der Waals surface area contributed by atoms with Gasteiger partial charge in [0.2, 0.25) is 0 Å². The standard InChI is InChI=1S/C23H20NSi.C21H24NSi.C19H20NSi.2C14H10N3O.C8H6N3.3Ir/c1-25(2)23-16-24-22(15-21(23)18-9-4-3-5-10-18)20-13-12-17-8-6-7-11-19(17)14-20;1-21(2,3)18-13-19(22-14-20(18)23(4)5)17-11-10-15-8-6-7-9-16(15)12-17;1-14-11-18(20-13-19(14)21(2,3)4)17-10-9-15-7-5-6-8-16(15)12-17;2*1-2-4-13-11(3-1)12-6-5-10(7-14(12)18-13)17-9-15-8-16-17;1-2-4-8(5-3-1)11-7-9-6-10-11;;;/h3-12,14-16,25H,1-2H3;6-10,12-14,23H,1-5H3;5-9,11-13H,1-4H3;2*1-4,6-9,11,13H;1-4,6-7H;;;/q6*-1;;;. The Morgan fingerprint density at radius 2 is 0.824 bits per heavy atom. The average Bonchev–Trinajstić information content (AvgIpc) is 1.51. The Bertz CT molecular complexity index is 6100. The van der Waals surface area contributed by atoms with E-state index in [1.54, 1.807) is 33.0 Å². The molecule has 0 amide bonds. The number of allylic oxidation sites excluding steroid dienone is 4. The molecule has 3 radical (unpaired) electrons. The van der Waals surface area contributed by atoms with Gasteiger partial charge in [0.25, 0.3) is 0 Å². The summed E-state index contributed by atoms with van der Waals surface area (Å²) in [5.74, 6) is 2.44. The number of hydrogen-bond donors (Lipinski definition) is 0. The maximum atomic E-state index is 5.93. The number of fused-ring (bicyclic) bond motifs is 9. The summed E-state index contributed by atoms with van der Waals surface area (Å²) in [4.78, 5) is 25.9. The third-order valence-electron chi connectivity index (χ3n) is 20.7. The Balaban J connectivity index is 0.000000132. The zero-order valence-electron chi connectivity index (χ0n) is 68.1. The Labute approximate surface area is 742 Å². The quantitative estimate of drug-likeness (QED) is 0.0951. The summed E-state index contributed by atoms with van der Waals surface area (Å²) in [6.07, 6.45) is 32.6. The van der Waals surface area contributed by atoms with Gasteiger partial charge in [-0.25, -0.2) is 29.0 Å². The van der Waals surface area contributed by atoms with E-state index in [0.29, 0.717) is 11.8 Å². The molecule has 119 heavy (non-hydrogen) atoms. The Morgan fingerprint density at radius 3 is 1.24 bits per heavy atom. The Kier molecular flexibility index (Phi) is 29.1. The van der Waals surface area contributed by atoms with Crippen molar-refractivity contribution < 1.29 is 69.8 Å². The van der Waals surface area contributed by atoms with E-state index in [1.807, 2.05) is 66.7 Å². The van der Waals surface area contributed by atoms with Crippen molar-refractivity contribution in [1.29, 1.82) is 0 Å². The predicted molar refractivity (Wildman–Crippen MR) is 478 cm³/mol. The smallest absolute Gasteiger partial charge is 0.138 e. The molecule has 14 nitrogen and oxygen atoms in total. The van der Waals surface area contributed by atoms with E-state index in [-0.39, 0.29) is 77.9 Å². The van der Waals surface area contributed by atoms with Gasteiger partial charge in [-0.15, -0.1) is 117 Å². The van der Waals surface area contributed by atoms with E-state index in [2.05, 4.69) is 352 Å². The van der Waals surface area contributed by atoms with Crippen LogP contribution in [0.2, 0.25) is 45.8 Å². The summed E-state index contributed by atoms with van der Waals surface area (Å²) in [5.41, 5.74) is 16.7. The molecular formula is C99H90Ir3N12O2Si3-6. The van der Waals surface area contributed by atoms with Crippen molar-refractivity contribution in [2.45, 2.75) is 103 Å². The van der Waals surface area contributed by atoms with Crippen molar-refractivity contribution in [3.8, 4) is 73.5 Å². The van der Waals surface area contributed by atoms with Gasteiger partial charge in [0.05, 0.1) is 25.7 Å². The minimum atomic E-state index is -1.32. The molecule has 0 N–H and O–H groups in total. The van der Waals surface area contributed by atoms with Gasteiger partial charge < -0.3 is 24.4 Å². The van der Waals surface area contributed by atoms with Gasteiger partial charge in [-0.3, -0.25) is 0 Å². The van der Waals surface area contributed by atoms with Crippen molar-refractivity contribution in [2.24, 2.45) is 0 Å². The van der Waals surface area contributed by atoms with Crippen LogP contribution < -0.4 is 25.0 Å². The first-order valence-corrected chi connectivity index (χ1v) is 48.5. The van der Waals surface area contributed by atoms with Crippen LogP contribution in [0.4, 0.5) is 0 Å². The van der Waals surface area contributed by atoms with Crippen LogP contribution in [0.1, 0.15) is 54.9 Å². The number of ether oxygens (including phenoxy) is 2. The number of aryl methyl sites for hydroxylation is 1. The molecule has 20 heteroatoms. The number of aromatic nitrogens is 12. The van der Waals surface area contributed by atoms with Crippen LogP contribution in [-0.4, -0.2) is 97.1 Å². The maximum Gasteiger partial charge on any atom is 0.138 e. The van der Waals surface area contributed by atoms with E-state index in [1.165, 1.54) is 100 Å². The topological polar surface area (TPSA) is 149 Å². The molecule has 8 heterocycles. The van der Waals surface area contributed by atoms with Crippen LogP contribution in [0.3, 0.4) is 0 Å². The second kappa shape index (κ2) is 39.7. The molecule has 20 rings (SSSR count). The monoisotopic (exact) mass is 2140 g/mol. The molecular weight excluding hydrogens is 2050 g/mol. The molecule has 603 valence electrons. The van der Waals surface area contributed by atoms with Crippen LogP contribution in [0.5, 0.6) is 11.5 Å². The molecule has 2 aliphatic carbocycles. The van der Waals surface area contributed by atoms with Crippen LogP contribution in [0, 0.1) is 43.3 Å². The second-order valence-electron chi connectivity index (χ2n) is 31.6. The van der Waals surface area contributed by atoms with Crippen molar-refractivity contribution in [3.63, 3.8) is 0 Å². The molecule has 6 aromatic heterocycles. The second-order valence-corrected chi connectivity index (χ2v) is 42.5. The zero-order chi connectivity index (χ0) is 80.3. The molecule has 4 unspecified atom stereocenters. The van der Waals surface area contributed by atoms with Gasteiger partial charge in [-0.05, 0) is 90.9 Å². The Morgan fingerprint density at radius 1 is 0.412 bits per heavy atom. The fourth-order valence-electron chi connectivity index (χ4n) is 14.7. The molecule has 0 saturated heterocycles. The minimum Gasteiger partial charge on any atom is -0.512 e. The minimum absolute atomic E-state index is 0. The summed E-state index contributed by atoms with van der Waals surface area (Å²) in [7, 11) is -3.18. The number of rotatable bonds is 10. The normalized spacial score (nSPS) is 14.8. The molecule has 0 fully saturated rings. The molecule has 4 aliphatic rings. The summed E-state index contributed by atoms with van der Waals surface area (Å²) in [6.45, 7) is 25.6. The fourth-order valence-corrected chi connectivity index (χ4v) is 19.1. The summed E-state index contributed by atoms with van der Waals surface area (Å²) >= 11 is 0. The van der Waals surface area contributed by atoms with E-state index in [0.717, 1.165) is 62.3 Å². The van der Waals surface area contributed by atoms with Gasteiger partial charge in [-0.1, -0.05) is 246 Å². The SMILES string of the molecule is C[SiH](C)c1cnc(-c2[c-]cc3ccccc3c2)cc1-c1ccccc1.C[SiH](C)c1cnc(-c2[c-]cc3ccccc3c2)cc1C(C)(C)C.Cc1cc(-c2[c-]cc3ccccc3c2)ncc1[Si](C)(C)C.[Ir].[Ir].[Ir].[c-]1cc2c(cc1-n1cncn1)OC1C=CC=CC21.[c-]1cc2c(cc1-n1cncn1)OC1C=CC=CC21.[c-]1ccccc1-n1cncn1. The van der Waals surface area contributed by atoms with Gasteiger partial charge in [-0.2, -0.15) is 63.8 Å².